The maximum atomic E-state index is 16.1. The van der Waals surface area contributed by atoms with E-state index in [1.54, 1.807) is 120 Å². The number of carboxylic acids is 1. The Morgan fingerprint density at radius 2 is 1.08 bits per heavy atom. The van der Waals surface area contributed by atoms with E-state index in [0.717, 1.165) is 36.3 Å². The van der Waals surface area contributed by atoms with Gasteiger partial charge in [0.15, 0.2) is 0 Å². The van der Waals surface area contributed by atoms with Crippen LogP contribution in [-0.4, -0.2) is 318 Å². The zero-order valence-electron chi connectivity index (χ0n) is 83.8. The predicted octanol–water partition coefficient (Wildman–Crippen LogP) is -0.137. The number of aliphatic hydroxyl groups excluding tert-OH is 1. The number of amides is 19. The largest absolute Gasteiger partial charge is 0.508 e. The average molecular weight is 2030 g/mol. The number of aromatic hydroxyl groups is 1. The number of carbonyl (C=O) groups excluding carboxylic acids is 18. The summed E-state index contributed by atoms with van der Waals surface area (Å²) < 4.78 is 1.44. The Labute approximate surface area is 845 Å². The number of aliphatic carboxylic acids is 1. The number of thioether (sulfide) groups is 1. The molecule has 145 heavy (non-hydrogen) atoms. The molecule has 3 fully saturated rings. The molecule has 3 aliphatic rings. The molecule has 0 aliphatic carbocycles. The number of carbonyl (C=O) groups is 19. The van der Waals surface area contributed by atoms with Crippen LogP contribution in [0.4, 0.5) is 4.79 Å². The number of H-pyrrole nitrogens is 1. The van der Waals surface area contributed by atoms with Crippen LogP contribution in [0.3, 0.4) is 0 Å². The van der Waals surface area contributed by atoms with E-state index in [2.05, 4.69) is 68.8 Å². The molecule has 0 unspecified atom stereocenters. The Kier molecular flexibility index (Phi) is 42.9. The second-order valence-electron chi connectivity index (χ2n) is 38.1. The number of aromatic nitrogens is 2. The topological polar surface area (TPSA) is 644 Å². The number of phenols is 1. The summed E-state index contributed by atoms with van der Waals surface area (Å²) in [7, 11) is 3.90. The number of fused-ring (bicyclic) bond motifs is 4. The highest BCUT2D eigenvalue weighted by molar-refractivity contribution is 8.00. The Bertz CT molecular complexity index is 5610. The van der Waals surface area contributed by atoms with E-state index in [1.165, 1.54) is 63.1 Å². The van der Waals surface area contributed by atoms with Crippen molar-refractivity contribution >= 4 is 146 Å². The molecule has 44 nitrogen and oxygen atoms in total. The number of urea groups is 1. The number of primary amides is 2. The molecular weight excluding hydrogens is 1890 g/mol. The highest BCUT2D eigenvalue weighted by atomic mass is 32.2. The summed E-state index contributed by atoms with van der Waals surface area (Å²) in [5.74, 6) is -19.4. The van der Waals surface area contributed by atoms with Crippen molar-refractivity contribution < 1.29 is 106 Å². The summed E-state index contributed by atoms with van der Waals surface area (Å²) in [5.41, 5.74) is 20.5. The Balaban J connectivity index is 1.13. The highest BCUT2D eigenvalue weighted by Crippen LogP contribution is 2.30. The van der Waals surface area contributed by atoms with Crippen LogP contribution in [0, 0.1) is 11.8 Å². The zero-order chi connectivity index (χ0) is 106. The Hall–Kier alpha value is -14.2. The van der Waals surface area contributed by atoms with Crippen LogP contribution in [0.5, 0.6) is 5.75 Å². The second kappa shape index (κ2) is 54.5. The molecule has 16 atom stereocenters. The first kappa shape index (κ1) is 114. The molecule has 4 aromatic carbocycles. The Morgan fingerprint density at radius 1 is 0.531 bits per heavy atom. The molecule has 0 saturated carbocycles. The van der Waals surface area contributed by atoms with Gasteiger partial charge in [0.25, 0.3) is 0 Å². The fourth-order valence-electron chi connectivity index (χ4n) is 18.0. The van der Waals surface area contributed by atoms with Crippen molar-refractivity contribution in [3.8, 4) is 5.75 Å². The third-order valence-electron chi connectivity index (χ3n) is 26.0. The van der Waals surface area contributed by atoms with Crippen molar-refractivity contribution in [2.24, 2.45) is 29.0 Å². The molecule has 0 spiro atoms. The molecule has 3 saturated heterocycles. The second-order valence-corrected chi connectivity index (χ2v) is 39.1. The van der Waals surface area contributed by atoms with Gasteiger partial charge in [-0.25, -0.2) is 4.79 Å². The van der Waals surface area contributed by atoms with Crippen molar-refractivity contribution in [2.45, 2.75) is 261 Å². The Morgan fingerprint density at radius 3 is 1.74 bits per heavy atom. The maximum absolute atomic E-state index is 16.1. The molecule has 788 valence electrons. The lowest BCUT2D eigenvalue weighted by atomic mass is 9.99. The minimum Gasteiger partial charge on any atom is -0.508 e. The van der Waals surface area contributed by atoms with Gasteiger partial charge in [-0.1, -0.05) is 146 Å². The molecule has 6 aromatic rings. The molecule has 0 radical (unpaired) electrons. The van der Waals surface area contributed by atoms with E-state index < -0.39 is 266 Å². The summed E-state index contributed by atoms with van der Waals surface area (Å²) >= 11 is 0.776. The number of benzene rings is 4. The SMILES string of the molecule is CCCC[C@H]1C(=O)N(C)[C@@H](CCCC)C(=O)N[C@@H](CC(C)C)C(=O)N[C@H](C(=O)NCC(N)=O)CSCC(=O)N[C@@H](Cc2ccc(O)cc2)C(=O)N(C)[C@@H](C)C(=O)N[C@@H](CC(N)=O)C(=O)N2CCC[C@H]2C(=O)N[C@@H](CNC(=O)N[C@H](C)c2ccccc2)C(=O)N[C@@H](CC(C)C)C(=O)N2C[C@H](O)C[C@H]2C(=O)N[C@@H](Cc2c[nH]c3ccccc23)C(=O)N[C@@H](CCN)C(=O)N[C@@H](Cc2cn(CC(=O)O)c3ccccc23)C(=O)N1C. The van der Waals surface area contributed by atoms with E-state index in [0.29, 0.717) is 69.7 Å². The van der Waals surface area contributed by atoms with E-state index in [1.807, 2.05) is 13.8 Å². The summed E-state index contributed by atoms with van der Waals surface area (Å²) in [4.78, 5) is 288. The van der Waals surface area contributed by atoms with E-state index in [-0.39, 0.29) is 89.0 Å². The number of aliphatic hydroxyl groups is 1. The van der Waals surface area contributed by atoms with Crippen molar-refractivity contribution in [2.75, 3.05) is 65.4 Å². The van der Waals surface area contributed by atoms with Gasteiger partial charge in [-0.05, 0) is 124 Å². The number of nitrogens with zero attached hydrogens (tertiary/aromatic N) is 6. The minimum atomic E-state index is -1.83. The van der Waals surface area contributed by atoms with Crippen LogP contribution >= 0.6 is 11.8 Å². The van der Waals surface area contributed by atoms with Crippen LogP contribution in [0.15, 0.2) is 116 Å². The van der Waals surface area contributed by atoms with Gasteiger partial charge in [-0.3, -0.25) is 86.3 Å². The summed E-state index contributed by atoms with van der Waals surface area (Å²) in [5, 5.41) is 65.3. The fraction of sp³-hybridized carbons (Fsp3) is 0.530. The average Bonchev–Trinajstić information content (AvgIpc) is 1.65. The number of nitrogens with two attached hydrogens (primary N) is 3. The number of phenolic OH excluding ortho intramolecular Hbond substituents is 1. The van der Waals surface area contributed by atoms with Gasteiger partial charge in [0.1, 0.15) is 96.9 Å². The van der Waals surface area contributed by atoms with Gasteiger partial charge in [0, 0.05) is 106 Å². The van der Waals surface area contributed by atoms with E-state index in [4.69, 9.17) is 17.2 Å². The van der Waals surface area contributed by atoms with Gasteiger partial charge in [-0.2, -0.15) is 0 Å². The van der Waals surface area contributed by atoms with Crippen LogP contribution in [0.1, 0.15) is 167 Å². The van der Waals surface area contributed by atoms with Crippen molar-refractivity contribution in [1.82, 2.24) is 97.9 Å². The van der Waals surface area contributed by atoms with Crippen LogP contribution in [0.25, 0.3) is 21.8 Å². The maximum Gasteiger partial charge on any atom is 0.323 e. The molecule has 3 aliphatic heterocycles. The summed E-state index contributed by atoms with van der Waals surface area (Å²) in [6, 6.07) is 4.38. The minimum absolute atomic E-state index is 0.00749. The molecule has 22 N–H and O–H groups in total. The summed E-state index contributed by atoms with van der Waals surface area (Å²) in [6.45, 7) is 10.6. The number of aromatic amines is 1. The van der Waals surface area contributed by atoms with E-state index >= 15 is 47.9 Å². The molecule has 9 rings (SSSR count). The first-order valence-electron chi connectivity index (χ1n) is 49.0. The molecule has 45 heteroatoms. The number of hydrogen-bond donors (Lipinski definition) is 19. The lowest BCUT2D eigenvalue weighted by Crippen LogP contribution is -2.62. The van der Waals surface area contributed by atoms with Crippen LogP contribution < -0.4 is 81.0 Å². The number of likely N-dealkylation sites (N-methyl/N-ethyl adjacent to an activating group) is 3. The normalized spacial score (nSPS) is 24.1. The van der Waals surface area contributed by atoms with Crippen molar-refractivity contribution in [3.63, 3.8) is 0 Å². The van der Waals surface area contributed by atoms with Gasteiger partial charge in [0.2, 0.25) is 100 Å². The number of nitrogens with one attached hydrogen (secondary N) is 13. The van der Waals surface area contributed by atoms with Gasteiger partial charge in [0.05, 0.1) is 30.9 Å². The van der Waals surface area contributed by atoms with Gasteiger partial charge >= 0.3 is 12.0 Å². The molecule has 2 aromatic heterocycles. The van der Waals surface area contributed by atoms with Gasteiger partial charge < -0.3 is 130 Å². The molecular formula is C100H140N22O22S. The number of carboxylic acid groups (broad SMARTS) is 1. The quantitative estimate of drug-likeness (QED) is 0.0291. The van der Waals surface area contributed by atoms with Crippen molar-refractivity contribution in [3.05, 3.63) is 138 Å². The zero-order valence-corrected chi connectivity index (χ0v) is 84.6. The smallest absolute Gasteiger partial charge is 0.323 e. The lowest BCUT2D eigenvalue weighted by Gasteiger charge is -2.36. The lowest BCUT2D eigenvalue weighted by molar-refractivity contribution is -0.149. The summed E-state index contributed by atoms with van der Waals surface area (Å²) in [6.07, 6.45) is 0.442. The number of rotatable bonds is 29. The third kappa shape index (κ3) is 32.4. The third-order valence-corrected chi connectivity index (χ3v) is 27.0. The van der Waals surface area contributed by atoms with Crippen LogP contribution in [0.2, 0.25) is 0 Å². The monoisotopic (exact) mass is 2030 g/mol. The molecule has 19 amide bonds. The number of para-hydroxylation sites is 2. The number of hydrogen-bond acceptors (Lipinski definition) is 23. The van der Waals surface area contributed by atoms with Crippen molar-refractivity contribution in [1.29, 1.82) is 0 Å². The molecule has 0 bridgehead atoms. The van der Waals surface area contributed by atoms with Crippen LogP contribution in [-0.2, 0) is 112 Å². The molecule has 5 heterocycles. The first-order valence-corrected chi connectivity index (χ1v) is 50.2. The highest BCUT2D eigenvalue weighted by Gasteiger charge is 2.47. The van der Waals surface area contributed by atoms with E-state index in [9.17, 15) is 58.5 Å². The first-order chi connectivity index (χ1) is 68.9. The van der Waals surface area contributed by atoms with Gasteiger partial charge in [-0.15, -0.1) is 11.8 Å². The predicted molar refractivity (Wildman–Crippen MR) is 537 cm³/mol. The number of unbranched alkanes of at least 4 members (excludes halogenated alkanes) is 2. The standard InChI is InChI=1S/C100H140N22O22S/c1-12-14-29-78-92(136)110-69(40-55(3)4)89(133)116-76(87(131)105-49-83(103)126)53-145-54-84(127)108-72(42-59-33-35-63(123)36-34-59)95(139)117(9)58(8)86(130)112-74(46-82(102)125)97(141)121-39-23-32-79(121)93(137)115-75(48-106-100(144)107-57(7)60-24-17-16-18-25-60)91(135)113-71(41-56(5)6)98(142)122-51-64(124)45-81(122)94(138)111-70(43-61-47-104-67-28-21-19-26-65(61)67)90(134)109-68(37-38-101)88(132)114-73(96(140)119(11)80(30-15-13-2)99(143)118(78)10)44-62-50-120(52-85(128)129)77-31-22-20-27-66(62)77/h16-22,24-28,31,33-36,47,50,55-58,64,68-76,78-81,104,123-124H,12-15,23,29-30,32,37-46,48-49,51-54,101H2,1-11H3,(H2,102,125)(H2,103,126)(H,105,131)(H,108,127)(H,109,134)(H,110,136)(H,111,138)(H,112,130)(H,113,135)(H,114,132)(H,115,137)(H,116,133)(H,128,129)(H2,106,107,144)/t57-,58+,64-,68+,69+,70+,71+,72+,73+,74+,75+,76+,78+,79+,80+,81+/m1/s1. The fourth-order valence-corrected chi connectivity index (χ4v) is 18.9.